The van der Waals surface area contributed by atoms with Crippen molar-refractivity contribution in [1.82, 2.24) is 4.90 Å². The van der Waals surface area contributed by atoms with Gasteiger partial charge in [0, 0.05) is 5.69 Å². The van der Waals surface area contributed by atoms with Gasteiger partial charge in [0.1, 0.15) is 0 Å². The summed E-state index contributed by atoms with van der Waals surface area (Å²) in [6.07, 6.45) is 10.6. The molecule has 1 unspecified atom stereocenters. The second-order valence-corrected chi connectivity index (χ2v) is 9.63. The molecule has 0 aromatic heterocycles. The number of hydrogen-bond acceptors (Lipinski definition) is 4. The van der Waals surface area contributed by atoms with Crippen LogP contribution < -0.4 is 4.72 Å². The van der Waals surface area contributed by atoms with Crippen LogP contribution >= 0.6 is 0 Å². The van der Waals surface area contributed by atoms with Gasteiger partial charge in [-0.3, -0.25) is 4.72 Å². The summed E-state index contributed by atoms with van der Waals surface area (Å²) in [6, 6.07) is 6.97. The molecule has 0 spiro atoms. The van der Waals surface area contributed by atoms with E-state index >= 15 is 0 Å². The molecular weight excluding hydrogens is 360 g/mol. The molecule has 154 valence electrons. The predicted octanol–water partition coefficient (Wildman–Crippen LogP) is 4.16. The van der Waals surface area contributed by atoms with Gasteiger partial charge in [-0.05, 0) is 62.5 Å². The Morgan fingerprint density at radius 3 is 2.41 bits per heavy atom. The van der Waals surface area contributed by atoms with Crippen molar-refractivity contribution in [3.63, 3.8) is 0 Å². The quantitative estimate of drug-likeness (QED) is 0.589. The Morgan fingerprint density at radius 1 is 1.15 bits per heavy atom. The van der Waals surface area contributed by atoms with Crippen LogP contribution in [0.5, 0.6) is 0 Å². The summed E-state index contributed by atoms with van der Waals surface area (Å²) in [5, 5.41) is 10.4. The van der Waals surface area contributed by atoms with Crippen molar-refractivity contribution in [2.24, 2.45) is 5.92 Å². The van der Waals surface area contributed by atoms with Crippen LogP contribution in [0.2, 0.25) is 0 Å². The molecule has 0 aliphatic heterocycles. The van der Waals surface area contributed by atoms with Crippen LogP contribution in [0.3, 0.4) is 0 Å². The van der Waals surface area contributed by atoms with Gasteiger partial charge in [0.2, 0.25) is 10.0 Å². The van der Waals surface area contributed by atoms with Gasteiger partial charge in [-0.15, -0.1) is 0 Å². The van der Waals surface area contributed by atoms with Crippen molar-refractivity contribution < 1.29 is 13.5 Å². The number of rotatable bonds is 11. The molecule has 1 aromatic rings. The molecule has 0 saturated heterocycles. The first-order valence-electron chi connectivity index (χ1n) is 10.4. The zero-order chi connectivity index (χ0) is 19.7. The standard InChI is InChI=1S/C21H36N2O3S/c1-3-23(17-15-18-8-5-4-6-9-18)16-7-10-21(24)19-11-13-20(14-12-19)22-27(2,25)26/h11-14,18,21-22,24H,3-10,15-17H2,1-2H3. The molecule has 1 aromatic carbocycles. The number of hydrogen-bond donors (Lipinski definition) is 2. The van der Waals surface area contributed by atoms with Crippen LogP contribution in [0.4, 0.5) is 5.69 Å². The fourth-order valence-corrected chi connectivity index (χ4v) is 4.50. The third-order valence-corrected chi connectivity index (χ3v) is 6.18. The van der Waals surface area contributed by atoms with E-state index in [1.807, 2.05) is 0 Å². The van der Waals surface area contributed by atoms with Crippen molar-refractivity contribution in [3.05, 3.63) is 29.8 Å². The normalized spacial score (nSPS) is 17.2. The summed E-state index contributed by atoms with van der Waals surface area (Å²) in [6.45, 7) is 5.47. The number of nitrogens with one attached hydrogen (secondary N) is 1. The first-order chi connectivity index (χ1) is 12.9. The maximum absolute atomic E-state index is 11.2. The van der Waals surface area contributed by atoms with Gasteiger partial charge in [-0.1, -0.05) is 51.2 Å². The Hall–Kier alpha value is -1.11. The third kappa shape index (κ3) is 8.62. The minimum absolute atomic E-state index is 0.505. The largest absolute Gasteiger partial charge is 0.388 e. The van der Waals surface area contributed by atoms with Gasteiger partial charge in [0.15, 0.2) is 0 Å². The molecule has 5 nitrogen and oxygen atoms in total. The van der Waals surface area contributed by atoms with Crippen molar-refractivity contribution in [3.8, 4) is 0 Å². The minimum atomic E-state index is -3.27. The molecule has 6 heteroatoms. The van der Waals surface area contributed by atoms with E-state index in [0.29, 0.717) is 5.69 Å². The minimum Gasteiger partial charge on any atom is -0.388 e. The van der Waals surface area contributed by atoms with Gasteiger partial charge >= 0.3 is 0 Å². The number of nitrogens with zero attached hydrogens (tertiary/aromatic N) is 1. The Kier molecular flexibility index (Phi) is 9.06. The maximum Gasteiger partial charge on any atom is 0.229 e. The molecule has 2 rings (SSSR count). The SMILES string of the molecule is CCN(CCCC(O)c1ccc(NS(C)(=O)=O)cc1)CCC1CCCCC1. The van der Waals surface area contributed by atoms with Crippen molar-refractivity contribution in [2.75, 3.05) is 30.6 Å². The van der Waals surface area contributed by atoms with E-state index in [2.05, 4.69) is 16.5 Å². The van der Waals surface area contributed by atoms with E-state index in [0.717, 1.165) is 43.7 Å². The first-order valence-corrected chi connectivity index (χ1v) is 12.2. The van der Waals surface area contributed by atoms with E-state index in [9.17, 15) is 13.5 Å². The fraction of sp³-hybridized carbons (Fsp3) is 0.714. The first kappa shape index (κ1) is 22.2. The molecule has 0 bridgehead atoms. The second kappa shape index (κ2) is 11.0. The molecule has 0 amide bonds. The Balaban J connectivity index is 1.71. The summed E-state index contributed by atoms with van der Waals surface area (Å²) in [5.74, 6) is 0.914. The zero-order valence-electron chi connectivity index (χ0n) is 16.9. The fourth-order valence-electron chi connectivity index (χ4n) is 3.93. The monoisotopic (exact) mass is 396 g/mol. The highest BCUT2D eigenvalue weighted by atomic mass is 32.2. The van der Waals surface area contributed by atoms with E-state index < -0.39 is 16.1 Å². The Bertz CT molecular complexity index is 640. The summed E-state index contributed by atoms with van der Waals surface area (Å²) in [4.78, 5) is 2.50. The van der Waals surface area contributed by atoms with Crippen LogP contribution in [0.25, 0.3) is 0 Å². The van der Waals surface area contributed by atoms with Gasteiger partial charge in [-0.25, -0.2) is 8.42 Å². The topological polar surface area (TPSA) is 69.6 Å². The highest BCUT2D eigenvalue weighted by Gasteiger charge is 2.15. The van der Waals surface area contributed by atoms with Crippen molar-refractivity contribution in [2.45, 2.75) is 64.4 Å². The lowest BCUT2D eigenvalue weighted by Gasteiger charge is -2.26. The summed E-state index contributed by atoms with van der Waals surface area (Å²) in [5.41, 5.74) is 1.35. The number of aliphatic hydroxyl groups excluding tert-OH is 1. The van der Waals surface area contributed by atoms with Crippen LogP contribution in [0, 0.1) is 5.92 Å². The van der Waals surface area contributed by atoms with Crippen LogP contribution in [0.1, 0.15) is 70.0 Å². The Labute approximate surface area is 165 Å². The average Bonchev–Trinajstić information content (AvgIpc) is 2.64. The van der Waals surface area contributed by atoms with Gasteiger partial charge in [-0.2, -0.15) is 0 Å². The molecule has 1 aliphatic carbocycles. The van der Waals surface area contributed by atoms with E-state index in [1.54, 1.807) is 24.3 Å². The maximum atomic E-state index is 11.2. The van der Waals surface area contributed by atoms with E-state index in [-0.39, 0.29) is 0 Å². The van der Waals surface area contributed by atoms with E-state index in [1.165, 1.54) is 45.1 Å². The summed E-state index contributed by atoms with van der Waals surface area (Å²) >= 11 is 0. The smallest absolute Gasteiger partial charge is 0.229 e. The van der Waals surface area contributed by atoms with Gasteiger partial charge < -0.3 is 10.0 Å². The van der Waals surface area contributed by atoms with Crippen molar-refractivity contribution in [1.29, 1.82) is 0 Å². The van der Waals surface area contributed by atoms with Gasteiger partial charge in [0.05, 0.1) is 12.4 Å². The van der Waals surface area contributed by atoms with E-state index in [4.69, 9.17) is 0 Å². The molecule has 1 saturated carbocycles. The summed E-state index contributed by atoms with van der Waals surface area (Å²) in [7, 11) is -3.27. The molecule has 2 N–H and O–H groups in total. The molecule has 1 fully saturated rings. The second-order valence-electron chi connectivity index (χ2n) is 7.88. The molecule has 0 heterocycles. The number of anilines is 1. The number of benzene rings is 1. The molecular formula is C21H36N2O3S. The zero-order valence-corrected chi connectivity index (χ0v) is 17.7. The lowest BCUT2D eigenvalue weighted by molar-refractivity contribution is 0.154. The molecule has 0 radical (unpaired) electrons. The average molecular weight is 397 g/mol. The number of sulfonamides is 1. The van der Waals surface area contributed by atoms with Crippen LogP contribution in [-0.2, 0) is 10.0 Å². The highest BCUT2D eigenvalue weighted by molar-refractivity contribution is 7.92. The van der Waals surface area contributed by atoms with Crippen LogP contribution in [0.15, 0.2) is 24.3 Å². The predicted molar refractivity (Wildman–Crippen MR) is 112 cm³/mol. The summed E-state index contributed by atoms with van der Waals surface area (Å²) < 4.78 is 24.9. The van der Waals surface area contributed by atoms with Crippen LogP contribution in [-0.4, -0.2) is 44.3 Å². The number of aliphatic hydroxyl groups is 1. The highest BCUT2D eigenvalue weighted by Crippen LogP contribution is 2.26. The lowest BCUT2D eigenvalue weighted by atomic mass is 9.87. The molecule has 1 aliphatic rings. The van der Waals surface area contributed by atoms with Crippen molar-refractivity contribution >= 4 is 15.7 Å². The molecule has 27 heavy (non-hydrogen) atoms. The third-order valence-electron chi connectivity index (χ3n) is 5.58. The Morgan fingerprint density at radius 2 is 1.81 bits per heavy atom. The van der Waals surface area contributed by atoms with Gasteiger partial charge in [0.25, 0.3) is 0 Å². The lowest BCUT2D eigenvalue weighted by Crippen LogP contribution is -2.28. The molecule has 1 atom stereocenters.